The minimum Gasteiger partial charge on any atom is -0.325 e. The Bertz CT molecular complexity index is 366. The van der Waals surface area contributed by atoms with Gasteiger partial charge in [0.2, 0.25) is 5.91 Å². The number of benzene rings is 1. The summed E-state index contributed by atoms with van der Waals surface area (Å²) in [5.41, 5.74) is 8.67. The third-order valence-corrected chi connectivity index (χ3v) is 2.70. The van der Waals surface area contributed by atoms with Crippen LogP contribution in [0.4, 0.5) is 5.69 Å². The van der Waals surface area contributed by atoms with Gasteiger partial charge in [0.05, 0.1) is 6.04 Å². The normalized spacial score (nSPS) is 12.3. The molecule has 0 heterocycles. The number of rotatable bonds is 3. The molecule has 0 aliphatic carbocycles. The minimum absolute atomic E-state index is 0.201. The third kappa shape index (κ3) is 3.25. The van der Waals surface area contributed by atoms with Gasteiger partial charge in [-0.15, -0.1) is 0 Å². The van der Waals surface area contributed by atoms with Crippen LogP contribution in [0.25, 0.3) is 0 Å². The standard InChI is InChI=1S/C11H16N2OS/c1-7-3-4-9(5-8(7)2)13-11(14)10(12)6-15/h3-5,10,15H,6,12H2,1-2H3,(H,13,14). The zero-order valence-electron chi connectivity index (χ0n) is 8.95. The number of amides is 1. The number of nitrogens with one attached hydrogen (secondary N) is 1. The van der Waals surface area contributed by atoms with Crippen LogP contribution in [0.5, 0.6) is 0 Å². The maximum Gasteiger partial charge on any atom is 0.242 e. The van der Waals surface area contributed by atoms with Crippen molar-refractivity contribution in [1.82, 2.24) is 0 Å². The van der Waals surface area contributed by atoms with Crippen LogP contribution in [0.1, 0.15) is 11.1 Å². The number of aryl methyl sites for hydroxylation is 2. The smallest absolute Gasteiger partial charge is 0.242 e. The van der Waals surface area contributed by atoms with E-state index in [4.69, 9.17) is 5.73 Å². The van der Waals surface area contributed by atoms with E-state index in [-0.39, 0.29) is 5.91 Å². The summed E-state index contributed by atoms with van der Waals surface area (Å²) in [4.78, 5) is 11.5. The molecule has 3 nitrogen and oxygen atoms in total. The molecule has 0 spiro atoms. The first kappa shape index (κ1) is 12.1. The Morgan fingerprint density at radius 3 is 2.67 bits per heavy atom. The molecule has 0 fully saturated rings. The highest BCUT2D eigenvalue weighted by Gasteiger charge is 2.11. The Morgan fingerprint density at radius 1 is 1.47 bits per heavy atom. The van der Waals surface area contributed by atoms with Crippen LogP contribution < -0.4 is 11.1 Å². The van der Waals surface area contributed by atoms with Crippen molar-refractivity contribution in [3.8, 4) is 0 Å². The molecule has 1 rings (SSSR count). The number of thiol groups is 1. The third-order valence-electron chi connectivity index (χ3n) is 2.31. The van der Waals surface area contributed by atoms with Crippen molar-refractivity contribution in [1.29, 1.82) is 0 Å². The SMILES string of the molecule is Cc1ccc(NC(=O)C(N)CS)cc1C. The molecule has 1 amide bonds. The van der Waals surface area contributed by atoms with Gasteiger partial charge in [-0.25, -0.2) is 0 Å². The molecule has 4 heteroatoms. The average Bonchev–Trinajstić information content (AvgIpc) is 2.22. The van der Waals surface area contributed by atoms with Crippen molar-refractivity contribution in [2.24, 2.45) is 5.73 Å². The fourth-order valence-corrected chi connectivity index (χ4v) is 1.30. The number of anilines is 1. The summed E-state index contributed by atoms with van der Waals surface area (Å²) in [7, 11) is 0. The fourth-order valence-electron chi connectivity index (χ4n) is 1.14. The lowest BCUT2D eigenvalue weighted by Crippen LogP contribution is -2.37. The number of hydrogen-bond donors (Lipinski definition) is 3. The fraction of sp³-hybridized carbons (Fsp3) is 0.364. The summed E-state index contributed by atoms with van der Waals surface area (Å²) in [6, 6.07) is 5.20. The molecule has 0 bridgehead atoms. The van der Waals surface area contributed by atoms with E-state index in [1.807, 2.05) is 32.0 Å². The second-order valence-electron chi connectivity index (χ2n) is 3.58. The van der Waals surface area contributed by atoms with E-state index < -0.39 is 6.04 Å². The van der Waals surface area contributed by atoms with E-state index in [0.717, 1.165) is 11.3 Å². The largest absolute Gasteiger partial charge is 0.325 e. The summed E-state index contributed by atoms with van der Waals surface area (Å²) >= 11 is 3.97. The lowest BCUT2D eigenvalue weighted by atomic mass is 10.1. The van der Waals surface area contributed by atoms with Crippen LogP contribution in [0.15, 0.2) is 18.2 Å². The molecule has 0 aliphatic rings. The maximum atomic E-state index is 11.5. The first-order chi connectivity index (χ1) is 7.04. The van der Waals surface area contributed by atoms with Crippen LogP contribution in [-0.2, 0) is 4.79 Å². The van der Waals surface area contributed by atoms with Crippen LogP contribution in [-0.4, -0.2) is 17.7 Å². The lowest BCUT2D eigenvalue weighted by Gasteiger charge is -2.10. The Morgan fingerprint density at radius 2 is 2.13 bits per heavy atom. The first-order valence-corrected chi connectivity index (χ1v) is 5.42. The zero-order valence-corrected chi connectivity index (χ0v) is 9.84. The Labute approximate surface area is 95.5 Å². The highest BCUT2D eigenvalue weighted by molar-refractivity contribution is 7.80. The number of carbonyl (C=O) groups excluding carboxylic acids is 1. The van der Waals surface area contributed by atoms with E-state index in [2.05, 4.69) is 17.9 Å². The van der Waals surface area contributed by atoms with Crippen LogP contribution in [0, 0.1) is 13.8 Å². The quantitative estimate of drug-likeness (QED) is 0.681. The van der Waals surface area contributed by atoms with Gasteiger partial charge in [-0.05, 0) is 37.1 Å². The van der Waals surface area contributed by atoms with Gasteiger partial charge in [0, 0.05) is 11.4 Å². The molecule has 3 N–H and O–H groups in total. The molecule has 0 saturated heterocycles. The molecule has 0 aliphatic heterocycles. The van der Waals surface area contributed by atoms with Gasteiger partial charge in [-0.3, -0.25) is 4.79 Å². The van der Waals surface area contributed by atoms with Gasteiger partial charge in [-0.2, -0.15) is 12.6 Å². The minimum atomic E-state index is -0.560. The average molecular weight is 224 g/mol. The molecule has 1 atom stereocenters. The number of nitrogens with two attached hydrogens (primary N) is 1. The summed E-state index contributed by atoms with van der Waals surface area (Å²) in [6.07, 6.45) is 0. The summed E-state index contributed by atoms with van der Waals surface area (Å²) < 4.78 is 0. The molecule has 82 valence electrons. The van der Waals surface area contributed by atoms with E-state index >= 15 is 0 Å². The molecular weight excluding hydrogens is 208 g/mol. The van der Waals surface area contributed by atoms with Gasteiger partial charge in [0.15, 0.2) is 0 Å². The molecule has 1 unspecified atom stereocenters. The molecule has 1 aromatic rings. The predicted octanol–water partition coefficient (Wildman–Crippen LogP) is 1.50. The van der Waals surface area contributed by atoms with Gasteiger partial charge in [-0.1, -0.05) is 6.07 Å². The van der Waals surface area contributed by atoms with Gasteiger partial charge in [0.1, 0.15) is 0 Å². The van der Waals surface area contributed by atoms with Crippen molar-refractivity contribution in [2.75, 3.05) is 11.1 Å². The highest BCUT2D eigenvalue weighted by Crippen LogP contribution is 2.14. The van der Waals surface area contributed by atoms with Crippen LogP contribution in [0.2, 0.25) is 0 Å². The van der Waals surface area contributed by atoms with Crippen molar-refractivity contribution in [3.63, 3.8) is 0 Å². The summed E-state index contributed by atoms with van der Waals surface area (Å²) in [5, 5.41) is 2.75. The van der Waals surface area contributed by atoms with Crippen molar-refractivity contribution < 1.29 is 4.79 Å². The Hall–Kier alpha value is -1.00. The first-order valence-electron chi connectivity index (χ1n) is 4.79. The lowest BCUT2D eigenvalue weighted by molar-refractivity contribution is -0.116. The van der Waals surface area contributed by atoms with E-state index in [9.17, 15) is 4.79 Å². The molecule has 0 radical (unpaired) electrons. The van der Waals surface area contributed by atoms with E-state index in [0.29, 0.717) is 5.75 Å². The van der Waals surface area contributed by atoms with Crippen molar-refractivity contribution in [2.45, 2.75) is 19.9 Å². The molecule has 0 saturated carbocycles. The monoisotopic (exact) mass is 224 g/mol. The molecule has 0 aromatic heterocycles. The van der Waals surface area contributed by atoms with Gasteiger partial charge < -0.3 is 11.1 Å². The van der Waals surface area contributed by atoms with E-state index in [1.165, 1.54) is 5.56 Å². The molecule has 15 heavy (non-hydrogen) atoms. The van der Waals surface area contributed by atoms with E-state index in [1.54, 1.807) is 0 Å². The number of hydrogen-bond acceptors (Lipinski definition) is 3. The van der Waals surface area contributed by atoms with Gasteiger partial charge >= 0.3 is 0 Å². The summed E-state index contributed by atoms with van der Waals surface area (Å²) in [5.74, 6) is 0.143. The van der Waals surface area contributed by atoms with Crippen LogP contribution in [0.3, 0.4) is 0 Å². The Balaban J connectivity index is 2.73. The Kier molecular flexibility index (Phi) is 4.17. The summed E-state index contributed by atoms with van der Waals surface area (Å²) in [6.45, 7) is 4.03. The van der Waals surface area contributed by atoms with Gasteiger partial charge in [0.25, 0.3) is 0 Å². The van der Waals surface area contributed by atoms with Crippen molar-refractivity contribution >= 4 is 24.2 Å². The predicted molar refractivity (Wildman–Crippen MR) is 66.4 cm³/mol. The highest BCUT2D eigenvalue weighted by atomic mass is 32.1. The maximum absolute atomic E-state index is 11.5. The molecule has 1 aromatic carbocycles. The second-order valence-corrected chi connectivity index (χ2v) is 3.94. The molecular formula is C11H16N2OS. The van der Waals surface area contributed by atoms with Crippen molar-refractivity contribution in [3.05, 3.63) is 29.3 Å². The second kappa shape index (κ2) is 5.19. The topological polar surface area (TPSA) is 55.1 Å². The zero-order chi connectivity index (χ0) is 11.4. The number of carbonyl (C=O) groups is 1. The van der Waals surface area contributed by atoms with Crippen LogP contribution >= 0.6 is 12.6 Å².